The number of nitriles is 1. The van der Waals surface area contributed by atoms with E-state index < -0.39 is 17.8 Å². The van der Waals surface area contributed by atoms with Crippen molar-refractivity contribution in [2.75, 3.05) is 0 Å². The third-order valence-electron chi connectivity index (χ3n) is 6.78. The molecule has 0 saturated heterocycles. The third kappa shape index (κ3) is 5.62. The summed E-state index contributed by atoms with van der Waals surface area (Å²) in [7, 11) is 0. The molecule has 4 rings (SSSR count). The molecule has 6 nitrogen and oxygen atoms in total. The van der Waals surface area contributed by atoms with Crippen molar-refractivity contribution in [3.63, 3.8) is 0 Å². The van der Waals surface area contributed by atoms with E-state index in [4.69, 9.17) is 11.6 Å². The first-order chi connectivity index (χ1) is 15.9. The third-order valence-corrected chi connectivity index (χ3v) is 7.15. The van der Waals surface area contributed by atoms with Crippen LogP contribution in [0.2, 0.25) is 5.02 Å². The van der Waals surface area contributed by atoms with Gasteiger partial charge in [0.05, 0.1) is 17.3 Å². The molecule has 2 aliphatic rings. The van der Waals surface area contributed by atoms with E-state index in [0.29, 0.717) is 36.1 Å². The van der Waals surface area contributed by atoms with Crippen LogP contribution in [0.1, 0.15) is 68.3 Å². The standard InChI is InChI=1S/C25H27ClFN3O3/c26-23-19(27)8-7-16-11-20(30-24(16)23)22(32)12-17(9-14-5-6-14)25(33)29-18(13-28)10-15-3-1-2-4-21(15)31/h7-8,11,14-15,17-18,30H,1-6,9-10,12H2,(H,29,33)/t15-,17+,18-/m0/s1. The van der Waals surface area contributed by atoms with Crippen molar-refractivity contribution in [3.05, 3.63) is 34.7 Å². The molecule has 2 N–H and O–H groups in total. The Bertz CT molecular complexity index is 1120. The van der Waals surface area contributed by atoms with E-state index in [1.165, 1.54) is 6.07 Å². The SMILES string of the molecule is N#C[C@H](C[C@@H]1CCCCC1=O)NC(=O)[C@@H](CC(=O)c1cc2ccc(F)c(Cl)c2[nH]1)CC1CC1. The van der Waals surface area contributed by atoms with Gasteiger partial charge in [0.15, 0.2) is 5.78 Å². The van der Waals surface area contributed by atoms with Gasteiger partial charge in [0, 0.05) is 30.1 Å². The molecule has 2 saturated carbocycles. The Hall–Kier alpha value is -2.72. The Kier molecular flexibility index (Phi) is 7.14. The van der Waals surface area contributed by atoms with Gasteiger partial charge in [0.2, 0.25) is 5.91 Å². The van der Waals surface area contributed by atoms with Crippen LogP contribution >= 0.6 is 11.6 Å². The highest BCUT2D eigenvalue weighted by atomic mass is 35.5. The van der Waals surface area contributed by atoms with Crippen LogP contribution in [0.4, 0.5) is 4.39 Å². The van der Waals surface area contributed by atoms with E-state index in [2.05, 4.69) is 16.4 Å². The molecule has 2 aromatic rings. The minimum atomic E-state index is -0.754. The topological polar surface area (TPSA) is 103 Å². The average Bonchev–Trinajstić information content (AvgIpc) is 3.51. The minimum absolute atomic E-state index is 0.0181. The number of nitrogens with zero attached hydrogens (tertiary/aromatic N) is 1. The number of carbonyl (C=O) groups excluding carboxylic acids is 3. The molecule has 8 heteroatoms. The van der Waals surface area contributed by atoms with E-state index >= 15 is 0 Å². The average molecular weight is 472 g/mol. The molecule has 3 atom stereocenters. The number of Topliss-reactive ketones (excluding diaryl/α,β-unsaturated/α-hetero) is 2. The Morgan fingerprint density at radius 2 is 2.03 bits per heavy atom. The first-order valence-electron chi connectivity index (χ1n) is 11.6. The van der Waals surface area contributed by atoms with Crippen LogP contribution in [0.3, 0.4) is 0 Å². The molecule has 1 heterocycles. The lowest BCUT2D eigenvalue weighted by Gasteiger charge is -2.24. The van der Waals surface area contributed by atoms with Gasteiger partial charge in [-0.25, -0.2) is 4.39 Å². The summed E-state index contributed by atoms with van der Waals surface area (Å²) in [5, 5.41) is 12.9. The zero-order valence-corrected chi connectivity index (χ0v) is 19.1. The van der Waals surface area contributed by atoms with Gasteiger partial charge >= 0.3 is 0 Å². The highest BCUT2D eigenvalue weighted by Crippen LogP contribution is 2.37. The molecule has 0 bridgehead atoms. The Balaban J connectivity index is 1.44. The molecule has 0 unspecified atom stereocenters. The summed E-state index contributed by atoms with van der Waals surface area (Å²) in [4.78, 5) is 41.1. The Labute approximate surface area is 196 Å². The number of aromatic amines is 1. The predicted octanol–water partition coefficient (Wildman–Crippen LogP) is 5.11. The van der Waals surface area contributed by atoms with E-state index in [0.717, 1.165) is 32.1 Å². The van der Waals surface area contributed by atoms with Crippen LogP contribution in [-0.2, 0) is 9.59 Å². The summed E-state index contributed by atoms with van der Waals surface area (Å²) in [5.41, 5.74) is 0.626. The second-order valence-corrected chi connectivity index (χ2v) is 9.72. The van der Waals surface area contributed by atoms with Gasteiger partial charge < -0.3 is 10.3 Å². The molecule has 33 heavy (non-hydrogen) atoms. The minimum Gasteiger partial charge on any atom is -0.351 e. The molecule has 174 valence electrons. The van der Waals surface area contributed by atoms with Gasteiger partial charge in [-0.1, -0.05) is 30.9 Å². The van der Waals surface area contributed by atoms with Crippen molar-refractivity contribution in [3.8, 4) is 6.07 Å². The van der Waals surface area contributed by atoms with Crippen LogP contribution in [-0.4, -0.2) is 28.5 Å². The van der Waals surface area contributed by atoms with Gasteiger partial charge in [-0.3, -0.25) is 14.4 Å². The normalized spacial score (nSPS) is 20.3. The maximum atomic E-state index is 13.7. The van der Waals surface area contributed by atoms with Gasteiger partial charge in [0.1, 0.15) is 22.7 Å². The second kappa shape index (κ2) is 10.0. The van der Waals surface area contributed by atoms with Gasteiger partial charge in [-0.15, -0.1) is 0 Å². The largest absolute Gasteiger partial charge is 0.351 e. The number of halogens is 2. The molecule has 2 fully saturated rings. The van der Waals surface area contributed by atoms with Crippen molar-refractivity contribution in [1.29, 1.82) is 5.26 Å². The van der Waals surface area contributed by atoms with Crippen molar-refractivity contribution < 1.29 is 18.8 Å². The number of carbonyl (C=O) groups is 3. The fourth-order valence-corrected chi connectivity index (χ4v) is 4.90. The summed E-state index contributed by atoms with van der Waals surface area (Å²) in [6, 6.07) is 5.76. The summed E-state index contributed by atoms with van der Waals surface area (Å²) < 4.78 is 13.7. The number of benzene rings is 1. The van der Waals surface area contributed by atoms with Crippen LogP contribution in [0.15, 0.2) is 18.2 Å². The number of hydrogen-bond donors (Lipinski definition) is 2. The summed E-state index contributed by atoms with van der Waals surface area (Å²) >= 11 is 6.00. The van der Waals surface area contributed by atoms with Gasteiger partial charge in [-0.05, 0) is 49.8 Å². The number of nitrogens with one attached hydrogen (secondary N) is 2. The number of aromatic nitrogens is 1. The number of H-pyrrole nitrogens is 1. The predicted molar refractivity (Wildman–Crippen MR) is 122 cm³/mol. The lowest BCUT2D eigenvalue weighted by atomic mass is 9.83. The maximum Gasteiger partial charge on any atom is 0.224 e. The monoisotopic (exact) mass is 471 g/mol. The highest BCUT2D eigenvalue weighted by Gasteiger charge is 2.33. The van der Waals surface area contributed by atoms with Crippen molar-refractivity contribution in [1.82, 2.24) is 10.3 Å². The highest BCUT2D eigenvalue weighted by molar-refractivity contribution is 6.35. The van der Waals surface area contributed by atoms with E-state index in [1.807, 2.05) is 0 Å². The lowest BCUT2D eigenvalue weighted by Crippen LogP contribution is -2.41. The quantitative estimate of drug-likeness (QED) is 0.496. The molecule has 0 aliphatic heterocycles. The van der Waals surface area contributed by atoms with E-state index in [1.54, 1.807) is 12.1 Å². The van der Waals surface area contributed by atoms with Crippen LogP contribution in [0, 0.1) is 34.9 Å². The number of amides is 1. The Morgan fingerprint density at radius 3 is 2.73 bits per heavy atom. The maximum absolute atomic E-state index is 13.7. The summed E-state index contributed by atoms with van der Waals surface area (Å²) in [6.07, 6.45) is 6.06. The smallest absolute Gasteiger partial charge is 0.224 e. The van der Waals surface area contributed by atoms with Crippen LogP contribution < -0.4 is 5.32 Å². The van der Waals surface area contributed by atoms with Crippen molar-refractivity contribution in [2.45, 2.75) is 63.8 Å². The number of rotatable bonds is 9. The second-order valence-electron chi connectivity index (χ2n) is 9.35. The molecule has 0 spiro atoms. The molecular formula is C25H27ClFN3O3. The molecule has 2 aliphatic carbocycles. The van der Waals surface area contributed by atoms with E-state index in [9.17, 15) is 24.0 Å². The Morgan fingerprint density at radius 1 is 1.24 bits per heavy atom. The first kappa shape index (κ1) is 23.4. The molecule has 1 aromatic heterocycles. The molecular weight excluding hydrogens is 445 g/mol. The fraction of sp³-hybridized carbons (Fsp3) is 0.520. The number of ketones is 2. The molecule has 1 aromatic carbocycles. The number of fused-ring (bicyclic) bond motifs is 1. The molecule has 0 radical (unpaired) electrons. The van der Waals surface area contributed by atoms with Crippen molar-refractivity contribution in [2.24, 2.45) is 17.8 Å². The zero-order chi connectivity index (χ0) is 23.5. The van der Waals surface area contributed by atoms with Crippen LogP contribution in [0.25, 0.3) is 10.9 Å². The zero-order valence-electron chi connectivity index (χ0n) is 18.3. The summed E-state index contributed by atoms with van der Waals surface area (Å²) in [5.74, 6) is -1.36. The van der Waals surface area contributed by atoms with Gasteiger partial charge in [-0.2, -0.15) is 5.26 Å². The summed E-state index contributed by atoms with van der Waals surface area (Å²) in [6.45, 7) is 0. The van der Waals surface area contributed by atoms with E-state index in [-0.39, 0.29) is 40.5 Å². The number of hydrogen-bond acceptors (Lipinski definition) is 4. The first-order valence-corrected chi connectivity index (χ1v) is 12.0. The molecule has 1 amide bonds. The lowest BCUT2D eigenvalue weighted by molar-refractivity contribution is -0.127. The fourth-order valence-electron chi connectivity index (χ4n) is 4.68. The van der Waals surface area contributed by atoms with Gasteiger partial charge in [0.25, 0.3) is 0 Å². The van der Waals surface area contributed by atoms with Crippen molar-refractivity contribution >= 4 is 40.0 Å². The van der Waals surface area contributed by atoms with Crippen LogP contribution in [0.5, 0.6) is 0 Å².